The minimum atomic E-state index is -2.83. The minimum Gasteiger partial charge on any atom is -0.479 e. The van der Waals surface area contributed by atoms with E-state index in [0.29, 0.717) is 0 Å². The van der Waals surface area contributed by atoms with Crippen LogP contribution in [0.5, 0.6) is 0 Å². The van der Waals surface area contributed by atoms with Crippen LogP contribution >= 0.6 is 0 Å². The van der Waals surface area contributed by atoms with Crippen LogP contribution in [0.1, 0.15) is 6.92 Å². The lowest BCUT2D eigenvalue weighted by molar-refractivity contribution is -0.188. The highest BCUT2D eigenvalue weighted by Crippen LogP contribution is 2.15. The van der Waals surface area contributed by atoms with Crippen molar-refractivity contribution in [3.63, 3.8) is 0 Å². The second-order valence-electron chi connectivity index (χ2n) is 2.39. The third-order valence-electron chi connectivity index (χ3n) is 1.56. The number of carbonyl (C=O) groups excluding carboxylic acids is 1. The zero-order valence-electron chi connectivity index (χ0n) is 6.34. The first-order chi connectivity index (χ1) is 5.37. The molecule has 12 heavy (non-hydrogen) atoms. The molecule has 0 aromatic heterocycles. The van der Waals surface area contributed by atoms with Gasteiger partial charge in [0, 0.05) is 0 Å². The Labute approximate surface area is 68.1 Å². The highest BCUT2D eigenvalue weighted by atomic mass is 16.4. The van der Waals surface area contributed by atoms with E-state index in [9.17, 15) is 9.59 Å². The number of aliphatic hydroxyl groups excluding tert-OH is 2. The van der Waals surface area contributed by atoms with E-state index < -0.39 is 23.8 Å². The average molecular weight is 178 g/mol. The molecule has 0 aromatic carbocycles. The first-order valence-corrected chi connectivity index (χ1v) is 3.14. The molecule has 6 nitrogen and oxygen atoms in total. The Kier molecular flexibility index (Phi) is 3.32. The average Bonchev–Trinajstić information content (AvgIpc) is 2.00. The molecule has 70 valence electrons. The van der Waals surface area contributed by atoms with Crippen LogP contribution in [0.4, 0.5) is 0 Å². The molecule has 0 aliphatic heterocycles. The number of carboxylic acid groups (broad SMARTS) is 1. The van der Waals surface area contributed by atoms with Crippen molar-refractivity contribution in [2.75, 3.05) is 0 Å². The molecular weight excluding hydrogens is 168 g/mol. The quantitative estimate of drug-likeness (QED) is 0.361. The van der Waals surface area contributed by atoms with Crippen molar-refractivity contribution < 1.29 is 30.0 Å². The van der Waals surface area contributed by atoms with Crippen molar-refractivity contribution >= 4 is 12.3 Å². The van der Waals surface area contributed by atoms with Crippen LogP contribution in [0.2, 0.25) is 0 Å². The summed E-state index contributed by atoms with van der Waals surface area (Å²) in [7, 11) is 0. The van der Waals surface area contributed by atoms with Gasteiger partial charge in [0.05, 0.1) is 6.10 Å². The normalized spacial score (nSPS) is 20.7. The van der Waals surface area contributed by atoms with Crippen LogP contribution in [0.3, 0.4) is 0 Å². The molecule has 0 amide bonds. The largest absolute Gasteiger partial charge is 0.479 e. The smallest absolute Gasteiger partial charge is 0.341 e. The third-order valence-corrected chi connectivity index (χ3v) is 1.56. The molecule has 3 atom stereocenters. The van der Waals surface area contributed by atoms with Crippen LogP contribution in [0.15, 0.2) is 0 Å². The molecule has 0 saturated heterocycles. The fourth-order valence-electron chi connectivity index (χ4n) is 0.656. The maximum Gasteiger partial charge on any atom is 0.341 e. The summed E-state index contributed by atoms with van der Waals surface area (Å²) in [5.74, 6) is -1.85. The SMILES string of the molecule is C[C@@H](O)[C@@](O)(C(=O)O)[C@@H](O)C=O. The van der Waals surface area contributed by atoms with Crippen molar-refractivity contribution in [3.05, 3.63) is 0 Å². The fraction of sp³-hybridized carbons (Fsp3) is 0.667. The molecular formula is C6H10O6. The highest BCUT2D eigenvalue weighted by Gasteiger charge is 2.48. The Hall–Kier alpha value is -0.980. The predicted molar refractivity (Wildman–Crippen MR) is 36.3 cm³/mol. The summed E-state index contributed by atoms with van der Waals surface area (Å²) in [6.45, 7) is 0.959. The van der Waals surface area contributed by atoms with E-state index in [4.69, 9.17) is 20.4 Å². The van der Waals surface area contributed by atoms with Crippen molar-refractivity contribution in [1.82, 2.24) is 0 Å². The Bertz CT molecular complexity index is 188. The molecule has 0 saturated carbocycles. The Morgan fingerprint density at radius 3 is 2.00 bits per heavy atom. The van der Waals surface area contributed by atoms with Crippen molar-refractivity contribution in [2.24, 2.45) is 0 Å². The zero-order valence-corrected chi connectivity index (χ0v) is 6.34. The van der Waals surface area contributed by atoms with Gasteiger partial charge in [-0.25, -0.2) is 4.79 Å². The van der Waals surface area contributed by atoms with E-state index in [-0.39, 0.29) is 6.29 Å². The standard InChI is InChI=1S/C6H10O6/c1-3(8)6(12,5(10)11)4(9)2-7/h2-4,8-9,12H,1H3,(H,10,11)/t3-,4+,6+/m1/s1. The monoisotopic (exact) mass is 178 g/mol. The fourth-order valence-corrected chi connectivity index (χ4v) is 0.656. The van der Waals surface area contributed by atoms with Crippen molar-refractivity contribution in [3.8, 4) is 0 Å². The zero-order chi connectivity index (χ0) is 9.94. The molecule has 0 aromatic rings. The van der Waals surface area contributed by atoms with Gasteiger partial charge in [-0.1, -0.05) is 0 Å². The highest BCUT2D eigenvalue weighted by molar-refractivity contribution is 5.83. The lowest BCUT2D eigenvalue weighted by Gasteiger charge is -2.27. The summed E-state index contributed by atoms with van der Waals surface area (Å²) in [6.07, 6.45) is -4.04. The molecule has 0 unspecified atom stereocenters. The van der Waals surface area contributed by atoms with Gasteiger partial charge in [-0.05, 0) is 6.92 Å². The molecule has 0 fully saturated rings. The van der Waals surface area contributed by atoms with Crippen LogP contribution in [-0.4, -0.2) is 50.5 Å². The van der Waals surface area contributed by atoms with Crippen LogP contribution in [-0.2, 0) is 9.59 Å². The minimum absolute atomic E-state index is 0.152. The number of carbonyl (C=O) groups is 2. The second-order valence-corrected chi connectivity index (χ2v) is 2.39. The van der Waals surface area contributed by atoms with Gasteiger partial charge < -0.3 is 25.2 Å². The number of aliphatic carboxylic acids is 1. The molecule has 0 spiro atoms. The molecule has 0 aliphatic carbocycles. The van der Waals surface area contributed by atoms with Crippen LogP contribution < -0.4 is 0 Å². The van der Waals surface area contributed by atoms with Crippen molar-refractivity contribution in [2.45, 2.75) is 24.7 Å². The van der Waals surface area contributed by atoms with Crippen molar-refractivity contribution in [1.29, 1.82) is 0 Å². The van der Waals surface area contributed by atoms with E-state index in [1.54, 1.807) is 0 Å². The Balaban J connectivity index is 4.86. The van der Waals surface area contributed by atoms with Crippen LogP contribution in [0, 0.1) is 0 Å². The van der Waals surface area contributed by atoms with Gasteiger partial charge in [0.25, 0.3) is 0 Å². The Morgan fingerprint density at radius 1 is 1.50 bits per heavy atom. The Morgan fingerprint density at radius 2 is 1.92 bits per heavy atom. The first kappa shape index (κ1) is 11.0. The number of aldehydes is 1. The van der Waals surface area contributed by atoms with Gasteiger partial charge in [0.15, 0.2) is 12.4 Å². The number of aliphatic hydroxyl groups is 3. The van der Waals surface area contributed by atoms with Gasteiger partial charge in [0.1, 0.15) is 0 Å². The molecule has 0 rings (SSSR count). The van der Waals surface area contributed by atoms with Gasteiger partial charge in [0.2, 0.25) is 5.60 Å². The predicted octanol–water partition coefficient (Wildman–Crippen LogP) is -2.26. The first-order valence-electron chi connectivity index (χ1n) is 3.14. The van der Waals surface area contributed by atoms with Gasteiger partial charge in [-0.3, -0.25) is 0 Å². The summed E-state index contributed by atoms with van der Waals surface area (Å²) in [6, 6.07) is 0. The number of carboxylic acids is 1. The van der Waals surface area contributed by atoms with Gasteiger partial charge >= 0.3 is 5.97 Å². The molecule has 0 bridgehead atoms. The summed E-state index contributed by atoms with van der Waals surface area (Å²) >= 11 is 0. The lowest BCUT2D eigenvalue weighted by atomic mass is 9.92. The van der Waals surface area contributed by atoms with E-state index in [1.807, 2.05) is 0 Å². The molecule has 6 heteroatoms. The summed E-state index contributed by atoms with van der Waals surface area (Å²) in [4.78, 5) is 20.3. The molecule has 0 radical (unpaired) electrons. The second kappa shape index (κ2) is 3.61. The number of hydrogen-bond acceptors (Lipinski definition) is 5. The van der Waals surface area contributed by atoms with E-state index in [1.165, 1.54) is 0 Å². The van der Waals surface area contributed by atoms with Crippen LogP contribution in [0.25, 0.3) is 0 Å². The summed E-state index contributed by atoms with van der Waals surface area (Å²) in [5.41, 5.74) is -2.83. The number of hydrogen-bond donors (Lipinski definition) is 4. The van der Waals surface area contributed by atoms with E-state index in [0.717, 1.165) is 6.92 Å². The molecule has 0 aliphatic rings. The summed E-state index contributed by atoms with van der Waals surface area (Å²) in [5, 5.41) is 35.0. The van der Waals surface area contributed by atoms with E-state index in [2.05, 4.69) is 0 Å². The molecule has 4 N–H and O–H groups in total. The maximum atomic E-state index is 10.3. The van der Waals surface area contributed by atoms with Gasteiger partial charge in [-0.2, -0.15) is 0 Å². The maximum absolute atomic E-state index is 10.3. The topological polar surface area (TPSA) is 115 Å². The third kappa shape index (κ3) is 1.60. The number of rotatable bonds is 4. The molecule has 0 heterocycles. The van der Waals surface area contributed by atoms with E-state index >= 15 is 0 Å². The van der Waals surface area contributed by atoms with Gasteiger partial charge in [-0.15, -0.1) is 0 Å². The lowest BCUT2D eigenvalue weighted by Crippen LogP contribution is -2.57. The summed E-state index contributed by atoms with van der Waals surface area (Å²) < 4.78 is 0.